The van der Waals surface area contributed by atoms with E-state index in [9.17, 15) is 9.90 Å². The molecule has 112 valence electrons. The lowest BCUT2D eigenvalue weighted by molar-refractivity contribution is -0.128. The van der Waals surface area contributed by atoms with Gasteiger partial charge in [-0.3, -0.25) is 9.78 Å². The minimum atomic E-state index is -0.620. The molecule has 0 aliphatic heterocycles. The lowest BCUT2D eigenvalue weighted by Gasteiger charge is -2.20. The van der Waals surface area contributed by atoms with E-state index in [4.69, 9.17) is 4.74 Å². The fourth-order valence-electron chi connectivity index (χ4n) is 1.87. The van der Waals surface area contributed by atoms with Crippen molar-refractivity contribution in [3.05, 3.63) is 23.5 Å². The maximum absolute atomic E-state index is 12.0. The van der Waals surface area contributed by atoms with E-state index in [1.807, 2.05) is 20.8 Å². The van der Waals surface area contributed by atoms with E-state index in [1.54, 1.807) is 19.1 Å². The van der Waals surface area contributed by atoms with Gasteiger partial charge in [-0.1, -0.05) is 13.8 Å². The third-order valence-electron chi connectivity index (χ3n) is 3.23. The van der Waals surface area contributed by atoms with Gasteiger partial charge >= 0.3 is 0 Å². The van der Waals surface area contributed by atoms with E-state index in [-0.39, 0.29) is 18.6 Å². The van der Waals surface area contributed by atoms with Gasteiger partial charge in [0.2, 0.25) is 0 Å². The number of aryl methyl sites for hydroxylation is 1. The average Bonchev–Trinajstić information content (AvgIpc) is 2.45. The van der Waals surface area contributed by atoms with Crippen molar-refractivity contribution >= 4 is 5.91 Å². The molecule has 0 radical (unpaired) electrons. The van der Waals surface area contributed by atoms with Crippen molar-refractivity contribution in [1.29, 1.82) is 0 Å². The van der Waals surface area contributed by atoms with Crippen LogP contribution in [0.3, 0.4) is 0 Å². The summed E-state index contributed by atoms with van der Waals surface area (Å²) < 4.78 is 5.61. The summed E-state index contributed by atoms with van der Waals surface area (Å²) in [5.41, 5.74) is 1.25. The van der Waals surface area contributed by atoms with Crippen molar-refractivity contribution in [1.82, 2.24) is 10.3 Å². The van der Waals surface area contributed by atoms with Gasteiger partial charge in [0.05, 0.1) is 6.61 Å². The van der Waals surface area contributed by atoms with Crippen LogP contribution in [0, 0.1) is 6.92 Å². The number of carbonyl (C=O) groups excluding carboxylic acids is 1. The molecular weight excluding hydrogens is 256 g/mol. The standard InChI is InChI=1S/C15H24N2O3/c1-5-12(6-2)17-15(19)11(4)20-14-8-7-10(3)16-13(14)9-18/h7-8,11-12,18H,5-6,9H2,1-4H3,(H,17,19). The van der Waals surface area contributed by atoms with Crippen LogP contribution in [0.4, 0.5) is 0 Å². The number of hydrogen-bond acceptors (Lipinski definition) is 4. The van der Waals surface area contributed by atoms with Crippen LogP contribution in [-0.2, 0) is 11.4 Å². The second-order valence-corrected chi connectivity index (χ2v) is 4.84. The number of nitrogens with one attached hydrogen (secondary N) is 1. The molecule has 1 aromatic heterocycles. The second-order valence-electron chi connectivity index (χ2n) is 4.84. The van der Waals surface area contributed by atoms with Crippen LogP contribution in [-0.4, -0.2) is 28.1 Å². The summed E-state index contributed by atoms with van der Waals surface area (Å²) in [7, 11) is 0. The lowest BCUT2D eigenvalue weighted by Crippen LogP contribution is -2.42. The zero-order valence-electron chi connectivity index (χ0n) is 12.6. The average molecular weight is 280 g/mol. The molecule has 0 aliphatic rings. The fraction of sp³-hybridized carbons (Fsp3) is 0.600. The predicted molar refractivity (Wildman–Crippen MR) is 77.5 cm³/mol. The van der Waals surface area contributed by atoms with Gasteiger partial charge in [0.15, 0.2) is 6.10 Å². The maximum Gasteiger partial charge on any atom is 0.260 e. The number of aromatic nitrogens is 1. The Balaban J connectivity index is 2.70. The maximum atomic E-state index is 12.0. The molecule has 20 heavy (non-hydrogen) atoms. The summed E-state index contributed by atoms with van der Waals surface area (Å²) in [6.07, 6.45) is 1.16. The fourth-order valence-corrected chi connectivity index (χ4v) is 1.87. The van der Waals surface area contributed by atoms with Crippen molar-refractivity contribution in [2.45, 2.75) is 59.3 Å². The molecular formula is C15H24N2O3. The number of hydrogen-bond donors (Lipinski definition) is 2. The van der Waals surface area contributed by atoms with Crippen LogP contribution >= 0.6 is 0 Å². The van der Waals surface area contributed by atoms with Crippen LogP contribution < -0.4 is 10.1 Å². The molecule has 0 bridgehead atoms. The minimum absolute atomic E-state index is 0.150. The van der Waals surface area contributed by atoms with Crippen LogP contribution in [0.1, 0.15) is 45.0 Å². The van der Waals surface area contributed by atoms with Gasteiger partial charge in [-0.2, -0.15) is 0 Å². The van der Waals surface area contributed by atoms with E-state index >= 15 is 0 Å². The first kappa shape index (κ1) is 16.4. The van der Waals surface area contributed by atoms with E-state index < -0.39 is 6.10 Å². The Bertz CT molecular complexity index is 445. The summed E-state index contributed by atoms with van der Waals surface area (Å²) in [5, 5.41) is 12.2. The Labute approximate surface area is 120 Å². The van der Waals surface area contributed by atoms with E-state index in [1.165, 1.54) is 0 Å². The Hall–Kier alpha value is -1.62. The van der Waals surface area contributed by atoms with Gasteiger partial charge in [-0.05, 0) is 38.8 Å². The zero-order chi connectivity index (χ0) is 15.1. The monoisotopic (exact) mass is 280 g/mol. The SMILES string of the molecule is CCC(CC)NC(=O)C(C)Oc1ccc(C)nc1CO. The number of carbonyl (C=O) groups is 1. The third-order valence-corrected chi connectivity index (χ3v) is 3.23. The summed E-state index contributed by atoms with van der Waals surface area (Å²) >= 11 is 0. The second kappa shape index (κ2) is 7.85. The Morgan fingerprint density at radius 3 is 2.60 bits per heavy atom. The highest BCUT2D eigenvalue weighted by Crippen LogP contribution is 2.18. The van der Waals surface area contributed by atoms with Gasteiger partial charge in [-0.25, -0.2) is 0 Å². The molecule has 1 rings (SSSR count). The smallest absolute Gasteiger partial charge is 0.260 e. The number of amides is 1. The Morgan fingerprint density at radius 1 is 1.40 bits per heavy atom. The number of pyridine rings is 1. The quantitative estimate of drug-likeness (QED) is 0.801. The van der Waals surface area contributed by atoms with E-state index in [2.05, 4.69) is 10.3 Å². The topological polar surface area (TPSA) is 71.5 Å². The molecule has 0 aliphatic carbocycles. The molecule has 1 aromatic rings. The van der Waals surface area contributed by atoms with Gasteiger partial charge in [0.25, 0.3) is 5.91 Å². The molecule has 0 aromatic carbocycles. The molecule has 5 heteroatoms. The van der Waals surface area contributed by atoms with Crippen molar-refractivity contribution in [2.24, 2.45) is 0 Å². The predicted octanol–water partition coefficient (Wildman–Crippen LogP) is 1.95. The van der Waals surface area contributed by atoms with Crippen LogP contribution in [0.5, 0.6) is 5.75 Å². The molecule has 0 saturated heterocycles. The first-order valence-electron chi connectivity index (χ1n) is 7.06. The van der Waals surface area contributed by atoms with Crippen molar-refractivity contribution < 1.29 is 14.6 Å². The first-order chi connectivity index (χ1) is 9.51. The van der Waals surface area contributed by atoms with Crippen LogP contribution in [0.25, 0.3) is 0 Å². The normalized spacial score (nSPS) is 12.3. The Kier molecular flexibility index (Phi) is 6.45. The lowest BCUT2D eigenvalue weighted by atomic mass is 10.1. The largest absolute Gasteiger partial charge is 0.479 e. The molecule has 0 saturated carbocycles. The van der Waals surface area contributed by atoms with E-state index in [0.29, 0.717) is 11.4 Å². The molecule has 0 spiro atoms. The molecule has 0 fully saturated rings. The summed E-state index contributed by atoms with van der Waals surface area (Å²) in [6.45, 7) is 7.39. The van der Waals surface area contributed by atoms with Crippen LogP contribution in [0.2, 0.25) is 0 Å². The molecule has 5 nitrogen and oxygen atoms in total. The van der Waals surface area contributed by atoms with Crippen molar-refractivity contribution in [3.8, 4) is 5.75 Å². The van der Waals surface area contributed by atoms with Gasteiger partial charge < -0.3 is 15.2 Å². The van der Waals surface area contributed by atoms with Gasteiger partial charge in [0, 0.05) is 11.7 Å². The highest BCUT2D eigenvalue weighted by molar-refractivity contribution is 5.81. The van der Waals surface area contributed by atoms with E-state index in [0.717, 1.165) is 18.5 Å². The molecule has 1 atom stereocenters. The summed E-state index contributed by atoms with van der Waals surface area (Å²) in [6, 6.07) is 3.69. The zero-order valence-corrected chi connectivity index (χ0v) is 12.6. The minimum Gasteiger partial charge on any atom is -0.479 e. The number of ether oxygens (including phenoxy) is 1. The van der Waals surface area contributed by atoms with Gasteiger partial charge in [-0.15, -0.1) is 0 Å². The van der Waals surface area contributed by atoms with Gasteiger partial charge in [0.1, 0.15) is 11.4 Å². The summed E-state index contributed by atoms with van der Waals surface area (Å²) in [4.78, 5) is 16.2. The van der Waals surface area contributed by atoms with Crippen molar-refractivity contribution in [3.63, 3.8) is 0 Å². The number of aliphatic hydroxyl groups is 1. The summed E-state index contributed by atoms with van der Waals surface area (Å²) in [5.74, 6) is 0.300. The van der Waals surface area contributed by atoms with Crippen molar-refractivity contribution in [2.75, 3.05) is 0 Å². The number of rotatable bonds is 7. The first-order valence-corrected chi connectivity index (χ1v) is 7.06. The molecule has 2 N–H and O–H groups in total. The highest BCUT2D eigenvalue weighted by Gasteiger charge is 2.18. The third kappa shape index (κ3) is 4.49. The van der Waals surface area contributed by atoms with Crippen LogP contribution in [0.15, 0.2) is 12.1 Å². The molecule has 1 unspecified atom stereocenters. The number of aliphatic hydroxyl groups excluding tert-OH is 1. The number of nitrogens with zero attached hydrogens (tertiary/aromatic N) is 1. The molecule has 1 heterocycles. The highest BCUT2D eigenvalue weighted by atomic mass is 16.5. The Morgan fingerprint density at radius 2 is 2.05 bits per heavy atom. The molecule has 1 amide bonds.